The summed E-state index contributed by atoms with van der Waals surface area (Å²) in [6, 6.07) is 7.69. The summed E-state index contributed by atoms with van der Waals surface area (Å²) in [7, 11) is 0. The Kier molecular flexibility index (Phi) is 4.11. The van der Waals surface area contributed by atoms with Gasteiger partial charge in [-0.05, 0) is 36.4 Å². The predicted octanol–water partition coefficient (Wildman–Crippen LogP) is 4.17. The number of aromatic hydroxyl groups is 1. The lowest BCUT2D eigenvalue weighted by atomic mass is 9.96. The van der Waals surface area contributed by atoms with E-state index in [1.807, 2.05) is 0 Å². The number of carbonyl (C=O) groups is 1. The fourth-order valence-corrected chi connectivity index (χ4v) is 2.05. The Bertz CT molecular complexity index is 794. The number of nitrogens with zero attached hydrogens (tertiary/aromatic N) is 1. The summed E-state index contributed by atoms with van der Waals surface area (Å²) in [4.78, 5) is 12.3. The Morgan fingerprint density at radius 3 is 2.41 bits per heavy atom. The number of rotatable bonds is 2. The molecule has 0 heterocycles. The van der Waals surface area contributed by atoms with E-state index in [1.165, 1.54) is 6.07 Å². The number of alkyl halides is 3. The summed E-state index contributed by atoms with van der Waals surface area (Å²) in [5, 5.41) is 18.4. The van der Waals surface area contributed by atoms with Gasteiger partial charge in [0, 0.05) is 10.6 Å². The highest BCUT2D eigenvalue weighted by Gasteiger charge is 2.36. The molecule has 2 rings (SSSR count). The molecule has 2 aromatic rings. The van der Waals surface area contributed by atoms with Crippen molar-refractivity contribution >= 4 is 17.4 Å². The quantitative estimate of drug-likeness (QED) is 0.843. The van der Waals surface area contributed by atoms with E-state index in [-0.39, 0.29) is 16.1 Å². The highest BCUT2D eigenvalue weighted by molar-refractivity contribution is 6.31. The van der Waals surface area contributed by atoms with Crippen LogP contribution < -0.4 is 0 Å². The second-order valence-electron chi connectivity index (χ2n) is 4.36. The average Bonchev–Trinajstić information content (AvgIpc) is 2.47. The maximum absolute atomic E-state index is 13.1. The molecule has 0 saturated heterocycles. The van der Waals surface area contributed by atoms with Gasteiger partial charge in [0.1, 0.15) is 5.75 Å². The van der Waals surface area contributed by atoms with Crippen LogP contribution in [0.3, 0.4) is 0 Å². The maximum Gasteiger partial charge on any atom is 0.417 e. The first-order chi connectivity index (χ1) is 10.2. The highest BCUT2D eigenvalue weighted by Crippen LogP contribution is 2.35. The van der Waals surface area contributed by atoms with Crippen LogP contribution in [0.25, 0.3) is 0 Å². The van der Waals surface area contributed by atoms with Crippen molar-refractivity contribution in [3.8, 4) is 11.8 Å². The predicted molar refractivity (Wildman–Crippen MR) is 72.7 cm³/mol. The van der Waals surface area contributed by atoms with Crippen LogP contribution in [0, 0.1) is 11.3 Å². The van der Waals surface area contributed by atoms with Gasteiger partial charge in [0.15, 0.2) is 5.78 Å². The standard InChI is InChI=1S/C15H7ClF3NO2/c16-9-2-4-13(21)11(6-9)14(22)10-3-1-8(7-20)5-12(10)15(17,18)19/h1-6,21H. The van der Waals surface area contributed by atoms with Crippen LogP contribution in [0.5, 0.6) is 5.75 Å². The largest absolute Gasteiger partial charge is 0.507 e. The third-order valence-corrected chi connectivity index (χ3v) is 3.14. The molecule has 0 amide bonds. The van der Waals surface area contributed by atoms with Crippen molar-refractivity contribution < 1.29 is 23.1 Å². The average molecular weight is 326 g/mol. The molecule has 7 heteroatoms. The Balaban J connectivity index is 2.64. The molecule has 0 atom stereocenters. The van der Waals surface area contributed by atoms with E-state index in [9.17, 15) is 23.1 Å². The lowest BCUT2D eigenvalue weighted by molar-refractivity contribution is -0.137. The van der Waals surface area contributed by atoms with Gasteiger partial charge in [0.25, 0.3) is 0 Å². The van der Waals surface area contributed by atoms with Crippen molar-refractivity contribution in [3.63, 3.8) is 0 Å². The summed E-state index contributed by atoms with van der Waals surface area (Å²) in [5.41, 5.74) is -2.47. The molecule has 0 aliphatic rings. The van der Waals surface area contributed by atoms with Crippen molar-refractivity contribution in [1.29, 1.82) is 5.26 Å². The molecular weight excluding hydrogens is 319 g/mol. The van der Waals surface area contributed by atoms with E-state index in [1.54, 1.807) is 6.07 Å². The topological polar surface area (TPSA) is 61.1 Å². The number of phenolic OH excluding ortho intramolecular Hbond substituents is 1. The van der Waals surface area contributed by atoms with Crippen LogP contribution >= 0.6 is 11.6 Å². The molecule has 0 aliphatic carbocycles. The van der Waals surface area contributed by atoms with Crippen molar-refractivity contribution in [2.45, 2.75) is 6.18 Å². The van der Waals surface area contributed by atoms with Crippen LogP contribution in [0.4, 0.5) is 13.2 Å². The lowest BCUT2D eigenvalue weighted by Gasteiger charge is -2.13. The van der Waals surface area contributed by atoms with Gasteiger partial charge in [-0.25, -0.2) is 0 Å². The zero-order valence-corrected chi connectivity index (χ0v) is 11.5. The monoisotopic (exact) mass is 325 g/mol. The van der Waals surface area contributed by atoms with Crippen LogP contribution in [0.1, 0.15) is 27.0 Å². The fraction of sp³-hybridized carbons (Fsp3) is 0.0667. The van der Waals surface area contributed by atoms with Crippen molar-refractivity contribution in [2.75, 3.05) is 0 Å². The number of halogens is 4. The Labute approximate surface area is 128 Å². The van der Waals surface area contributed by atoms with Gasteiger partial charge in [0.05, 0.1) is 22.8 Å². The summed E-state index contributed by atoms with van der Waals surface area (Å²) >= 11 is 5.70. The van der Waals surface area contributed by atoms with Crippen molar-refractivity contribution in [2.24, 2.45) is 0 Å². The van der Waals surface area contributed by atoms with Crippen molar-refractivity contribution in [1.82, 2.24) is 0 Å². The fourth-order valence-electron chi connectivity index (χ4n) is 1.88. The van der Waals surface area contributed by atoms with E-state index < -0.39 is 28.8 Å². The van der Waals surface area contributed by atoms with Crippen LogP contribution in [0.15, 0.2) is 36.4 Å². The van der Waals surface area contributed by atoms with Crippen molar-refractivity contribution in [3.05, 3.63) is 63.7 Å². The first-order valence-electron chi connectivity index (χ1n) is 5.88. The Morgan fingerprint density at radius 1 is 1.14 bits per heavy atom. The highest BCUT2D eigenvalue weighted by atomic mass is 35.5. The third kappa shape index (κ3) is 3.05. The van der Waals surface area contributed by atoms with E-state index >= 15 is 0 Å². The molecule has 0 unspecified atom stereocenters. The van der Waals surface area contributed by atoms with E-state index in [4.69, 9.17) is 16.9 Å². The molecule has 0 saturated carbocycles. The molecule has 2 aromatic carbocycles. The number of benzene rings is 2. The summed E-state index contributed by atoms with van der Waals surface area (Å²) < 4.78 is 39.2. The smallest absolute Gasteiger partial charge is 0.417 e. The first-order valence-corrected chi connectivity index (χ1v) is 6.26. The molecular formula is C15H7ClF3NO2. The first kappa shape index (κ1) is 15.9. The zero-order valence-electron chi connectivity index (χ0n) is 10.8. The number of carbonyl (C=O) groups excluding carboxylic acids is 1. The minimum Gasteiger partial charge on any atom is -0.507 e. The van der Waals surface area contributed by atoms with E-state index in [0.29, 0.717) is 6.07 Å². The maximum atomic E-state index is 13.1. The van der Waals surface area contributed by atoms with Gasteiger partial charge >= 0.3 is 6.18 Å². The number of hydrogen-bond donors (Lipinski definition) is 1. The van der Waals surface area contributed by atoms with Gasteiger partial charge in [-0.2, -0.15) is 18.4 Å². The number of nitriles is 1. The molecule has 0 spiro atoms. The third-order valence-electron chi connectivity index (χ3n) is 2.90. The zero-order chi connectivity index (χ0) is 16.5. The molecule has 112 valence electrons. The molecule has 0 fully saturated rings. The van der Waals surface area contributed by atoms with Gasteiger partial charge in [-0.3, -0.25) is 4.79 Å². The minimum absolute atomic E-state index is 0.100. The van der Waals surface area contributed by atoms with Crippen LogP contribution in [-0.2, 0) is 6.18 Å². The van der Waals surface area contributed by atoms with Gasteiger partial charge in [-0.15, -0.1) is 0 Å². The molecule has 0 bridgehead atoms. The number of ketones is 1. The van der Waals surface area contributed by atoms with Gasteiger partial charge in [0.2, 0.25) is 0 Å². The summed E-state index contributed by atoms with van der Waals surface area (Å²) in [6.45, 7) is 0. The van der Waals surface area contributed by atoms with Gasteiger partial charge in [-0.1, -0.05) is 11.6 Å². The second kappa shape index (κ2) is 5.70. The van der Waals surface area contributed by atoms with E-state index in [0.717, 1.165) is 24.3 Å². The van der Waals surface area contributed by atoms with E-state index in [2.05, 4.69) is 0 Å². The SMILES string of the molecule is N#Cc1ccc(C(=O)c2cc(Cl)ccc2O)c(C(F)(F)F)c1. The molecule has 1 N–H and O–H groups in total. The number of phenols is 1. The molecule has 3 nitrogen and oxygen atoms in total. The Morgan fingerprint density at radius 2 is 1.82 bits per heavy atom. The molecule has 22 heavy (non-hydrogen) atoms. The summed E-state index contributed by atoms with van der Waals surface area (Å²) in [6.07, 6.45) is -4.81. The minimum atomic E-state index is -4.81. The summed E-state index contributed by atoms with van der Waals surface area (Å²) in [5.74, 6) is -1.51. The second-order valence-corrected chi connectivity index (χ2v) is 4.80. The van der Waals surface area contributed by atoms with Crippen LogP contribution in [0.2, 0.25) is 5.02 Å². The van der Waals surface area contributed by atoms with Crippen LogP contribution in [-0.4, -0.2) is 10.9 Å². The lowest BCUT2D eigenvalue weighted by Crippen LogP contribution is -2.14. The molecule has 0 radical (unpaired) electrons. The normalized spacial score (nSPS) is 11.0. The molecule has 0 aromatic heterocycles. The van der Waals surface area contributed by atoms with Gasteiger partial charge < -0.3 is 5.11 Å². The Hall–Kier alpha value is -2.52. The molecule has 0 aliphatic heterocycles. The number of hydrogen-bond acceptors (Lipinski definition) is 3.